The van der Waals surface area contributed by atoms with Crippen molar-refractivity contribution >= 4 is 39.3 Å². The first kappa shape index (κ1) is 32.5. The Labute approximate surface area is 193 Å². The molecule has 1 aromatic heterocycles. The van der Waals surface area contributed by atoms with Crippen LogP contribution in [-0.4, -0.2) is 80.9 Å². The molecule has 2 rings (SSSR count). The Bertz CT molecular complexity index is 824. The molecule has 1 aromatic carbocycles. The zero-order valence-corrected chi connectivity index (χ0v) is 18.9. The first-order valence-corrected chi connectivity index (χ1v) is 8.83. The summed E-state index contributed by atoms with van der Waals surface area (Å²) in [7, 11) is -4.52. The third-order valence-corrected chi connectivity index (χ3v) is 4.04. The van der Waals surface area contributed by atoms with E-state index in [1.807, 2.05) is 0 Å². The number of aliphatic hydroxyl groups is 2. The third kappa shape index (κ3) is 9.92. The number of aliphatic hydroxyl groups excluding tert-OH is 2. The zero-order valence-electron chi connectivity index (χ0n) is 15.3. The van der Waals surface area contributed by atoms with E-state index < -0.39 is 10.1 Å². The molecule has 0 fully saturated rings. The van der Waals surface area contributed by atoms with Gasteiger partial charge in [0.05, 0.1) is 18.1 Å². The van der Waals surface area contributed by atoms with Crippen LogP contribution in [0.4, 0.5) is 17.6 Å². The summed E-state index contributed by atoms with van der Waals surface area (Å²) < 4.78 is 32.8. The van der Waals surface area contributed by atoms with Gasteiger partial charge in [-0.1, -0.05) is 0 Å². The molecule has 0 atom stereocenters. The summed E-state index contributed by atoms with van der Waals surface area (Å²) in [6.07, 6.45) is 0. The number of hydrogen-bond acceptors (Lipinski definition) is 10. The first-order valence-electron chi connectivity index (χ1n) is 7.04. The molecule has 0 saturated carbocycles. The van der Waals surface area contributed by atoms with Gasteiger partial charge in [-0.15, -0.1) is 0 Å². The van der Waals surface area contributed by atoms with Crippen LogP contribution in [0, 0.1) is 0 Å². The maximum Gasteiger partial charge on any atom is 1.00 e. The second-order valence-electron chi connectivity index (χ2n) is 4.77. The maximum atomic E-state index is 10.9. The molecule has 2 aromatic rings. The Hall–Kier alpha value is -1.17. The number of hydrogen-bond donors (Lipinski definition) is 3. The average Bonchev–Trinajstić information content (AvgIpc) is 2.54. The Morgan fingerprint density at radius 3 is 1.97 bits per heavy atom. The van der Waals surface area contributed by atoms with Crippen LogP contribution in [0.3, 0.4) is 0 Å². The molecule has 0 spiro atoms. The molecule has 9 N–H and O–H groups in total. The topological polar surface area (TPSA) is 246 Å². The van der Waals surface area contributed by atoms with E-state index in [-0.39, 0.29) is 94.4 Å². The summed E-state index contributed by atoms with van der Waals surface area (Å²) in [5.41, 5.74) is 0.427. The fourth-order valence-electron chi connectivity index (χ4n) is 1.92. The van der Waals surface area contributed by atoms with Crippen LogP contribution < -0.4 is 39.8 Å². The minimum absolute atomic E-state index is 0. The van der Waals surface area contributed by atoms with Crippen LogP contribution in [0.1, 0.15) is 0 Å². The second-order valence-corrected chi connectivity index (χ2v) is 6.48. The van der Waals surface area contributed by atoms with Crippen molar-refractivity contribution < 1.29 is 69.2 Å². The molecule has 0 unspecified atom stereocenters. The Kier molecular flexibility index (Phi) is 16.5. The van der Waals surface area contributed by atoms with E-state index in [1.165, 1.54) is 17.0 Å². The van der Waals surface area contributed by atoms with Gasteiger partial charge in [0.2, 0.25) is 17.2 Å². The van der Waals surface area contributed by atoms with Crippen molar-refractivity contribution in [3.05, 3.63) is 29.5 Å². The van der Waals surface area contributed by atoms with E-state index in [1.54, 1.807) is 0 Å². The molecule has 0 radical (unpaired) electrons. The molecular weight excluding hydrogens is 445 g/mol. The summed E-state index contributed by atoms with van der Waals surface area (Å²) in [6, 6.07) is 5.05. The van der Waals surface area contributed by atoms with Gasteiger partial charge in [0.15, 0.2) is 0 Å². The van der Waals surface area contributed by atoms with E-state index >= 15 is 0 Å². The Balaban J connectivity index is -0.00000169. The number of nitrogens with one attached hydrogen (secondary N) is 1. The first-order chi connectivity index (χ1) is 11.8. The van der Waals surface area contributed by atoms with Crippen molar-refractivity contribution in [2.24, 2.45) is 0 Å². The molecule has 0 saturated heterocycles. The van der Waals surface area contributed by atoms with Gasteiger partial charge in [-0.3, -0.25) is 0 Å². The van der Waals surface area contributed by atoms with Crippen LogP contribution in [-0.2, 0) is 10.1 Å². The van der Waals surface area contributed by atoms with Gasteiger partial charge in [0, 0.05) is 18.8 Å². The van der Waals surface area contributed by atoms with E-state index in [0.717, 1.165) is 12.1 Å². The molecular formula is C13H21ClN5NaO8S. The average molecular weight is 466 g/mol. The fourth-order valence-corrected chi connectivity index (χ4v) is 2.55. The maximum absolute atomic E-state index is 10.9. The van der Waals surface area contributed by atoms with Gasteiger partial charge >= 0.3 is 29.6 Å². The smallest absolute Gasteiger partial charge is 0.744 e. The molecule has 0 aliphatic rings. The molecule has 0 amide bonds. The third-order valence-electron chi connectivity index (χ3n) is 3.02. The van der Waals surface area contributed by atoms with Gasteiger partial charge in [-0.05, 0) is 35.9 Å². The molecule has 0 aliphatic carbocycles. The molecule has 160 valence electrons. The zero-order chi connectivity index (χ0) is 18.4. The van der Waals surface area contributed by atoms with Gasteiger partial charge in [0.1, 0.15) is 10.1 Å². The van der Waals surface area contributed by atoms with Crippen LogP contribution >= 0.6 is 11.6 Å². The van der Waals surface area contributed by atoms with E-state index in [9.17, 15) is 13.0 Å². The standard InChI is InChI=1S/C13H16ClN5O5S.Na.3H2O/c14-11-16-12(18-13(17-11)19(5-7-20)6-8-21)15-9-1-3-10(4-2-9)25(22,23)24;;;;/h1-4,20-21H,5-8H2,(H,22,23,24)(H,15,16,17,18);;3*1H2/q;+1;;;/p-1. The summed E-state index contributed by atoms with van der Waals surface area (Å²) in [6.45, 7) is 0.0428. The van der Waals surface area contributed by atoms with Crippen LogP contribution in [0.25, 0.3) is 0 Å². The molecule has 0 bridgehead atoms. The number of halogens is 1. The van der Waals surface area contributed by atoms with Crippen molar-refractivity contribution in [1.82, 2.24) is 15.0 Å². The van der Waals surface area contributed by atoms with Gasteiger partial charge in [-0.2, -0.15) is 15.0 Å². The van der Waals surface area contributed by atoms with Gasteiger partial charge < -0.3 is 41.4 Å². The number of benzene rings is 1. The van der Waals surface area contributed by atoms with Crippen LogP contribution in [0.15, 0.2) is 29.2 Å². The van der Waals surface area contributed by atoms with Crippen LogP contribution in [0.5, 0.6) is 0 Å². The quantitative estimate of drug-likeness (QED) is 0.246. The molecule has 29 heavy (non-hydrogen) atoms. The van der Waals surface area contributed by atoms with Crippen molar-refractivity contribution in [3.8, 4) is 0 Å². The fraction of sp³-hybridized carbons (Fsp3) is 0.308. The van der Waals surface area contributed by atoms with Crippen molar-refractivity contribution in [2.45, 2.75) is 4.90 Å². The predicted octanol–water partition coefficient (Wildman–Crippen LogP) is -5.51. The molecule has 1 heterocycles. The van der Waals surface area contributed by atoms with Crippen molar-refractivity contribution in [3.63, 3.8) is 0 Å². The minimum Gasteiger partial charge on any atom is -0.744 e. The van der Waals surface area contributed by atoms with Crippen molar-refractivity contribution in [2.75, 3.05) is 36.5 Å². The van der Waals surface area contributed by atoms with E-state index in [0.29, 0.717) is 5.69 Å². The monoisotopic (exact) mass is 465 g/mol. The van der Waals surface area contributed by atoms with Crippen molar-refractivity contribution in [1.29, 1.82) is 0 Å². The Morgan fingerprint density at radius 2 is 1.52 bits per heavy atom. The minimum atomic E-state index is -4.52. The van der Waals surface area contributed by atoms with E-state index in [4.69, 9.17) is 21.8 Å². The summed E-state index contributed by atoms with van der Waals surface area (Å²) >= 11 is 5.87. The number of anilines is 3. The predicted molar refractivity (Wildman–Crippen MR) is 99.8 cm³/mol. The molecule has 0 aliphatic heterocycles. The normalized spacial score (nSPS) is 9.79. The summed E-state index contributed by atoms with van der Waals surface area (Å²) in [5, 5.41) is 20.8. The summed E-state index contributed by atoms with van der Waals surface area (Å²) in [5.74, 6) is 0.234. The second kappa shape index (κ2) is 14.8. The number of nitrogens with zero attached hydrogens (tertiary/aromatic N) is 4. The molecule has 16 heteroatoms. The Morgan fingerprint density at radius 1 is 1.00 bits per heavy atom. The van der Waals surface area contributed by atoms with E-state index in [2.05, 4.69) is 20.3 Å². The SMILES string of the molecule is O.O.O.O=S(=O)([O-])c1ccc(Nc2nc(Cl)nc(N(CCO)CCO)n2)cc1.[Na+]. The number of aromatic nitrogens is 3. The largest absolute Gasteiger partial charge is 1.00 e. The number of rotatable bonds is 8. The van der Waals surface area contributed by atoms with Crippen LogP contribution in [0.2, 0.25) is 5.28 Å². The molecule has 13 nitrogen and oxygen atoms in total. The summed E-state index contributed by atoms with van der Waals surface area (Å²) in [4.78, 5) is 13.2. The van der Waals surface area contributed by atoms with Gasteiger partial charge in [-0.25, -0.2) is 8.42 Å². The van der Waals surface area contributed by atoms with Gasteiger partial charge in [0.25, 0.3) is 0 Å².